The van der Waals surface area contributed by atoms with Crippen LogP contribution in [0.5, 0.6) is 0 Å². The first-order chi connectivity index (χ1) is 3.81. The predicted octanol–water partition coefficient (Wildman–Crippen LogP) is 1.17. The Bertz CT molecular complexity index is 67.5. The van der Waals surface area contributed by atoms with Gasteiger partial charge in [-0.1, -0.05) is 6.92 Å². The quantitative estimate of drug-likeness (QED) is 0.590. The van der Waals surface area contributed by atoms with E-state index in [0.717, 1.165) is 13.0 Å². The van der Waals surface area contributed by atoms with E-state index >= 15 is 0 Å². The summed E-state index contributed by atoms with van der Waals surface area (Å²) in [6.07, 6.45) is 1.60. The van der Waals surface area contributed by atoms with E-state index in [0.29, 0.717) is 6.42 Å². The van der Waals surface area contributed by atoms with Crippen molar-refractivity contribution in [1.82, 2.24) is 5.32 Å². The highest BCUT2D eigenvalue weighted by Crippen LogP contribution is 1.83. The first-order valence-corrected chi connectivity index (χ1v) is 3.08. The van der Waals surface area contributed by atoms with Gasteiger partial charge < -0.3 is 5.32 Å². The number of carbonyl (C=O) groups is 1. The molecule has 0 spiro atoms. The Kier molecular flexibility index (Phi) is 4.32. The second-order valence-corrected chi connectivity index (χ2v) is 1.70. The summed E-state index contributed by atoms with van der Waals surface area (Å²) in [4.78, 5) is 10.5. The Morgan fingerprint density at radius 3 is 2.62 bits per heavy atom. The smallest absolute Gasteiger partial charge is 0.219 e. The maximum absolute atomic E-state index is 10.5. The lowest BCUT2D eigenvalue weighted by molar-refractivity contribution is -0.121. The molecule has 2 heteroatoms. The zero-order valence-corrected chi connectivity index (χ0v) is 5.53. The molecule has 0 bridgehead atoms. The molecule has 0 saturated carbocycles. The van der Waals surface area contributed by atoms with Crippen LogP contribution in [0.3, 0.4) is 0 Å². The van der Waals surface area contributed by atoms with E-state index in [2.05, 4.69) is 5.32 Å². The van der Waals surface area contributed by atoms with Gasteiger partial charge in [0.1, 0.15) is 0 Å². The van der Waals surface area contributed by atoms with Gasteiger partial charge in [-0.15, -0.1) is 0 Å². The van der Waals surface area contributed by atoms with E-state index in [1.165, 1.54) is 0 Å². The van der Waals surface area contributed by atoms with Crippen molar-refractivity contribution in [3.63, 3.8) is 0 Å². The van der Waals surface area contributed by atoms with Crippen molar-refractivity contribution in [2.45, 2.75) is 26.7 Å². The molecule has 8 heavy (non-hydrogen) atoms. The lowest BCUT2D eigenvalue weighted by Gasteiger charge is -1.96. The van der Waals surface area contributed by atoms with Crippen molar-refractivity contribution in [3.8, 4) is 0 Å². The van der Waals surface area contributed by atoms with Crippen LogP contribution in [-0.4, -0.2) is 12.5 Å². The predicted molar refractivity (Wildman–Crippen MR) is 35.7 cm³/mol. The number of hydrogen-bond donors (Lipinski definition) is 1. The first kappa shape index (κ1) is 7.47. The molecule has 0 aromatic heterocycles. The molecule has 0 atom stereocenters. The van der Waals surface area contributed by atoms with Crippen LogP contribution < -0.4 is 5.32 Å². The van der Waals surface area contributed by atoms with Gasteiger partial charge in [0.25, 0.3) is 0 Å². The van der Waals surface area contributed by atoms with Gasteiger partial charge in [0.05, 0.1) is 0 Å². The third-order valence-corrected chi connectivity index (χ3v) is 0.851. The monoisotopic (exact) mass is 117 g/mol. The van der Waals surface area contributed by atoms with Gasteiger partial charge in [-0.05, 0) is 13.3 Å². The van der Waals surface area contributed by atoms with Crippen LogP contribution in [0.25, 0.3) is 0 Å². The Balaban J connectivity index is 0. The number of amides is 1. The SMILES string of the molecule is CCCC(=O)NCC.[HH]. The highest BCUT2D eigenvalue weighted by Gasteiger charge is 1.92. The summed E-state index contributed by atoms with van der Waals surface area (Å²) in [7, 11) is 0. The van der Waals surface area contributed by atoms with Crippen LogP contribution in [0.15, 0.2) is 0 Å². The third kappa shape index (κ3) is 3.65. The van der Waals surface area contributed by atoms with E-state index in [-0.39, 0.29) is 7.33 Å². The van der Waals surface area contributed by atoms with Crippen molar-refractivity contribution in [3.05, 3.63) is 0 Å². The van der Waals surface area contributed by atoms with Crippen molar-refractivity contribution in [1.29, 1.82) is 0 Å². The van der Waals surface area contributed by atoms with Gasteiger partial charge in [0.15, 0.2) is 0 Å². The minimum atomic E-state index is 0. The van der Waals surface area contributed by atoms with E-state index in [1.54, 1.807) is 0 Å². The van der Waals surface area contributed by atoms with Crippen LogP contribution in [-0.2, 0) is 4.79 Å². The highest BCUT2D eigenvalue weighted by atomic mass is 16.1. The van der Waals surface area contributed by atoms with E-state index in [4.69, 9.17) is 0 Å². The molecule has 0 heterocycles. The second-order valence-electron chi connectivity index (χ2n) is 1.70. The van der Waals surface area contributed by atoms with Crippen LogP contribution in [0.1, 0.15) is 28.1 Å². The molecule has 0 aliphatic rings. The maximum Gasteiger partial charge on any atom is 0.219 e. The molecular weight excluding hydrogens is 102 g/mol. The zero-order valence-electron chi connectivity index (χ0n) is 5.53. The third-order valence-electron chi connectivity index (χ3n) is 0.851. The minimum Gasteiger partial charge on any atom is -0.356 e. The van der Waals surface area contributed by atoms with Gasteiger partial charge >= 0.3 is 0 Å². The summed E-state index contributed by atoms with van der Waals surface area (Å²) in [6, 6.07) is 0. The molecule has 50 valence electrons. The van der Waals surface area contributed by atoms with Gasteiger partial charge in [-0.25, -0.2) is 0 Å². The average molecular weight is 117 g/mol. The fraction of sp³-hybridized carbons (Fsp3) is 0.833. The summed E-state index contributed by atoms with van der Waals surface area (Å²) in [5.74, 6) is 0.162. The lowest BCUT2D eigenvalue weighted by Crippen LogP contribution is -2.21. The minimum absolute atomic E-state index is 0. The van der Waals surface area contributed by atoms with Crippen LogP contribution in [0, 0.1) is 0 Å². The molecule has 0 aliphatic heterocycles. The van der Waals surface area contributed by atoms with Crippen molar-refractivity contribution < 1.29 is 6.22 Å². The molecule has 0 aromatic carbocycles. The standard InChI is InChI=1S/C6H13NO.H2/c1-3-5-6(8)7-4-2;/h3-5H2,1-2H3,(H,7,8);1H. The molecule has 0 unspecified atom stereocenters. The Morgan fingerprint density at radius 2 is 2.25 bits per heavy atom. The number of hydrogen-bond acceptors (Lipinski definition) is 1. The summed E-state index contributed by atoms with van der Waals surface area (Å²) in [5.41, 5.74) is 0. The Morgan fingerprint density at radius 1 is 1.62 bits per heavy atom. The van der Waals surface area contributed by atoms with E-state index in [1.807, 2.05) is 13.8 Å². The number of rotatable bonds is 3. The summed E-state index contributed by atoms with van der Waals surface area (Å²) in [6.45, 7) is 4.67. The molecule has 2 nitrogen and oxygen atoms in total. The van der Waals surface area contributed by atoms with Gasteiger partial charge in [0.2, 0.25) is 5.91 Å². The van der Waals surface area contributed by atoms with Crippen LogP contribution in [0.2, 0.25) is 0 Å². The molecule has 0 aromatic rings. The van der Waals surface area contributed by atoms with Crippen molar-refractivity contribution >= 4 is 5.91 Å². The zero-order chi connectivity index (χ0) is 6.41. The molecule has 1 amide bonds. The number of carbonyl (C=O) groups excluding carboxylic acids is 1. The summed E-state index contributed by atoms with van der Waals surface area (Å²) < 4.78 is 0. The maximum atomic E-state index is 10.5. The average Bonchev–Trinajstić information content (AvgIpc) is 1.68. The van der Waals surface area contributed by atoms with E-state index in [9.17, 15) is 4.79 Å². The molecule has 1 N–H and O–H groups in total. The molecule has 0 radical (unpaired) electrons. The largest absolute Gasteiger partial charge is 0.356 e. The van der Waals surface area contributed by atoms with Crippen LogP contribution in [0.4, 0.5) is 0 Å². The molecule has 0 rings (SSSR count). The van der Waals surface area contributed by atoms with Crippen LogP contribution >= 0.6 is 0 Å². The van der Waals surface area contributed by atoms with Crippen molar-refractivity contribution in [2.75, 3.05) is 6.54 Å². The molecule has 0 aliphatic carbocycles. The second kappa shape index (κ2) is 4.62. The topological polar surface area (TPSA) is 29.1 Å². The normalized spacial score (nSPS) is 8.75. The van der Waals surface area contributed by atoms with Gasteiger partial charge in [-0.3, -0.25) is 4.79 Å². The van der Waals surface area contributed by atoms with E-state index < -0.39 is 0 Å². The Hall–Kier alpha value is -0.530. The summed E-state index contributed by atoms with van der Waals surface area (Å²) in [5, 5.41) is 2.71. The first-order valence-electron chi connectivity index (χ1n) is 3.08. The van der Waals surface area contributed by atoms with Gasteiger partial charge in [-0.2, -0.15) is 0 Å². The van der Waals surface area contributed by atoms with Gasteiger partial charge in [0, 0.05) is 14.4 Å². The fourth-order valence-electron chi connectivity index (χ4n) is 0.513. The highest BCUT2D eigenvalue weighted by molar-refractivity contribution is 5.75. The summed E-state index contributed by atoms with van der Waals surface area (Å²) >= 11 is 0. The van der Waals surface area contributed by atoms with Crippen molar-refractivity contribution in [2.24, 2.45) is 0 Å². The molecule has 0 saturated heterocycles. The lowest BCUT2D eigenvalue weighted by atomic mass is 10.3. The molecule has 0 fully saturated rings. The molecular formula is C6H15NO. The Labute approximate surface area is 51.8 Å². The fourth-order valence-corrected chi connectivity index (χ4v) is 0.513. The number of nitrogens with one attached hydrogen (secondary N) is 1.